The maximum Gasteiger partial charge on any atom is 0.573 e. The van der Waals surface area contributed by atoms with Crippen LogP contribution in [0.5, 0.6) is 5.75 Å². The molecule has 18 heteroatoms. The molecule has 0 spiro atoms. The summed E-state index contributed by atoms with van der Waals surface area (Å²) in [6.07, 6.45) is -8.00. The first-order valence-electron chi connectivity index (χ1n) is 13.0. The summed E-state index contributed by atoms with van der Waals surface area (Å²) in [6.45, 7) is 0.501. The third-order valence-corrected chi connectivity index (χ3v) is 7.96. The molecule has 0 aliphatic heterocycles. The molecule has 0 bridgehead atoms. The third kappa shape index (κ3) is 6.87. The molecule has 5 aromatic rings. The maximum atomic E-state index is 16.1. The van der Waals surface area contributed by atoms with Crippen molar-refractivity contribution in [3.05, 3.63) is 90.4 Å². The summed E-state index contributed by atoms with van der Waals surface area (Å²) in [6, 6.07) is 12.2. The van der Waals surface area contributed by atoms with Crippen molar-refractivity contribution in [1.29, 1.82) is 0 Å². The zero-order chi connectivity index (χ0) is 33.4. The Morgan fingerprint density at radius 3 is 2.30 bits per heavy atom. The van der Waals surface area contributed by atoms with Gasteiger partial charge in [0.1, 0.15) is 23.1 Å². The highest BCUT2D eigenvalue weighted by molar-refractivity contribution is 7.89. The number of halogens is 7. The molecule has 0 atom stereocenters. The summed E-state index contributed by atoms with van der Waals surface area (Å²) in [5.41, 5.74) is -1.29. The lowest BCUT2D eigenvalue weighted by Crippen LogP contribution is -2.26. The normalized spacial score (nSPS) is 12.5. The van der Waals surface area contributed by atoms with Gasteiger partial charge in [0, 0.05) is 18.3 Å². The molecule has 0 unspecified atom stereocenters. The van der Waals surface area contributed by atoms with Gasteiger partial charge in [-0.25, -0.2) is 27.2 Å². The maximum absolute atomic E-state index is 16.1. The van der Waals surface area contributed by atoms with Crippen LogP contribution in [0, 0.1) is 12.7 Å². The van der Waals surface area contributed by atoms with Crippen LogP contribution in [-0.4, -0.2) is 57.6 Å². The quantitative estimate of drug-likeness (QED) is 0.201. The molecule has 0 fully saturated rings. The molecule has 2 N–H and O–H groups in total. The number of rotatable bonds is 9. The molecule has 0 aliphatic carbocycles. The number of nitrogens with one attached hydrogen (secondary N) is 1. The number of aromatic nitrogens is 5. The molecule has 46 heavy (non-hydrogen) atoms. The van der Waals surface area contributed by atoms with Gasteiger partial charge in [0.15, 0.2) is 5.69 Å². The average Bonchev–Trinajstić information content (AvgIpc) is 3.62. The minimum atomic E-state index is -4.94. The fraction of sp³-hybridized carbons (Fsp3) is 0.179. The van der Waals surface area contributed by atoms with Crippen molar-refractivity contribution < 1.29 is 49.0 Å². The summed E-state index contributed by atoms with van der Waals surface area (Å²) in [7, 11) is -4.07. The summed E-state index contributed by atoms with van der Waals surface area (Å²) in [5.74, 6) is -1.82. The van der Waals surface area contributed by atoms with Crippen molar-refractivity contribution in [2.75, 3.05) is 13.2 Å². The minimum absolute atomic E-state index is 0.0830. The molecule has 0 aliphatic rings. The second-order valence-corrected chi connectivity index (χ2v) is 11.4. The Kier molecular flexibility index (Phi) is 8.63. The van der Waals surface area contributed by atoms with Crippen molar-refractivity contribution in [2.24, 2.45) is 0 Å². The molecule has 10 nitrogen and oxygen atoms in total. The van der Waals surface area contributed by atoms with Crippen molar-refractivity contribution in [3.8, 4) is 39.5 Å². The topological polar surface area (TPSA) is 124 Å². The molecular formula is C28H21F7N6O4S. The standard InChI is InChI=1S/C28H21F7N6O4S/c1-16-38-25(27(30,31)32)15-40(16)26-22(29)12-19(18-3-2-4-21(11-18)46(43,44)37-9-10-42)13-23(26)41-24(14-36-39-41)17-5-7-20(8-6-17)45-28(33,34)35/h2-8,11-15,37,42H,9-10H2,1H3. The fourth-order valence-corrected chi connectivity index (χ4v) is 5.60. The number of aliphatic hydroxyl groups excluding tert-OH is 1. The van der Waals surface area contributed by atoms with E-state index in [1.165, 1.54) is 55.6 Å². The molecule has 2 heterocycles. The van der Waals surface area contributed by atoms with Crippen molar-refractivity contribution in [1.82, 2.24) is 29.3 Å². The van der Waals surface area contributed by atoms with E-state index in [9.17, 15) is 34.8 Å². The Hall–Kier alpha value is -4.81. The second kappa shape index (κ2) is 12.2. The highest BCUT2D eigenvalue weighted by Gasteiger charge is 2.35. The molecule has 0 saturated heterocycles. The van der Waals surface area contributed by atoms with Crippen LogP contribution in [0.15, 0.2) is 78.0 Å². The van der Waals surface area contributed by atoms with E-state index in [1.54, 1.807) is 0 Å². The van der Waals surface area contributed by atoms with Gasteiger partial charge in [-0.1, -0.05) is 17.3 Å². The molecule has 0 radical (unpaired) electrons. The predicted octanol–water partition coefficient (Wildman–Crippen LogP) is 5.42. The Bertz CT molecular complexity index is 1990. The monoisotopic (exact) mass is 670 g/mol. The summed E-state index contributed by atoms with van der Waals surface area (Å²) in [4.78, 5) is 3.30. The van der Waals surface area contributed by atoms with Crippen LogP contribution >= 0.6 is 0 Å². The van der Waals surface area contributed by atoms with Gasteiger partial charge in [0.2, 0.25) is 10.0 Å². The van der Waals surface area contributed by atoms with E-state index < -0.39 is 52.1 Å². The van der Waals surface area contributed by atoms with Gasteiger partial charge in [0.05, 0.1) is 29.1 Å². The number of imidazole rings is 1. The molecule has 3 aromatic carbocycles. The van der Waals surface area contributed by atoms with Crippen LogP contribution in [0.25, 0.3) is 33.8 Å². The SMILES string of the molecule is Cc1nc(C(F)(F)F)cn1-c1c(F)cc(-c2cccc(S(=O)(=O)NCCO)c2)cc1-n1nncc1-c1ccc(OC(F)(F)F)cc1. The lowest BCUT2D eigenvalue weighted by molar-refractivity contribution is -0.274. The van der Waals surface area contributed by atoms with E-state index in [2.05, 4.69) is 24.8 Å². The van der Waals surface area contributed by atoms with Gasteiger partial charge in [-0.3, -0.25) is 4.57 Å². The number of ether oxygens (including phenoxy) is 1. The third-order valence-electron chi connectivity index (χ3n) is 6.50. The first-order valence-corrected chi connectivity index (χ1v) is 14.5. The summed E-state index contributed by atoms with van der Waals surface area (Å²) in [5, 5.41) is 16.8. The molecule has 242 valence electrons. The first-order chi connectivity index (χ1) is 21.6. The van der Waals surface area contributed by atoms with Crippen LogP contribution in [-0.2, 0) is 16.2 Å². The van der Waals surface area contributed by atoms with Gasteiger partial charge < -0.3 is 9.84 Å². The number of aliphatic hydroxyl groups is 1. The lowest BCUT2D eigenvalue weighted by Gasteiger charge is -2.17. The first kappa shape index (κ1) is 32.6. The van der Waals surface area contributed by atoms with Gasteiger partial charge in [-0.2, -0.15) is 13.2 Å². The van der Waals surface area contributed by atoms with Gasteiger partial charge in [-0.15, -0.1) is 18.3 Å². The fourth-order valence-electron chi connectivity index (χ4n) is 4.53. The van der Waals surface area contributed by atoms with E-state index in [-0.39, 0.29) is 45.3 Å². The number of benzene rings is 3. The van der Waals surface area contributed by atoms with Crippen LogP contribution in [0.1, 0.15) is 11.5 Å². The van der Waals surface area contributed by atoms with Crippen molar-refractivity contribution >= 4 is 10.0 Å². The van der Waals surface area contributed by atoms with Gasteiger partial charge in [0.25, 0.3) is 0 Å². The van der Waals surface area contributed by atoms with Crippen LogP contribution in [0.4, 0.5) is 30.7 Å². The lowest BCUT2D eigenvalue weighted by atomic mass is 10.0. The molecule has 0 amide bonds. The second-order valence-electron chi connectivity index (χ2n) is 9.62. The number of aryl methyl sites for hydroxylation is 1. The average molecular weight is 671 g/mol. The Labute approximate surface area is 255 Å². The van der Waals surface area contributed by atoms with Crippen molar-refractivity contribution in [2.45, 2.75) is 24.4 Å². The van der Waals surface area contributed by atoms with E-state index in [0.29, 0.717) is 6.20 Å². The van der Waals surface area contributed by atoms with E-state index >= 15 is 4.39 Å². The summed E-state index contributed by atoms with van der Waals surface area (Å²) >= 11 is 0. The molecule has 0 saturated carbocycles. The van der Waals surface area contributed by atoms with Crippen LogP contribution in [0.2, 0.25) is 0 Å². The smallest absolute Gasteiger partial charge is 0.406 e. The number of alkyl halides is 6. The minimum Gasteiger partial charge on any atom is -0.406 e. The number of hydrogen-bond acceptors (Lipinski definition) is 7. The van der Waals surface area contributed by atoms with E-state index in [0.717, 1.165) is 27.4 Å². The Balaban J connectivity index is 1.70. The largest absolute Gasteiger partial charge is 0.573 e. The van der Waals surface area contributed by atoms with E-state index in [1.807, 2.05) is 0 Å². The van der Waals surface area contributed by atoms with Crippen LogP contribution in [0.3, 0.4) is 0 Å². The van der Waals surface area contributed by atoms with Crippen molar-refractivity contribution in [3.63, 3.8) is 0 Å². The molecule has 2 aromatic heterocycles. The number of nitrogens with zero attached hydrogens (tertiary/aromatic N) is 5. The highest BCUT2D eigenvalue weighted by Crippen LogP contribution is 2.36. The van der Waals surface area contributed by atoms with Gasteiger partial charge in [-0.05, 0) is 66.6 Å². The highest BCUT2D eigenvalue weighted by atomic mass is 32.2. The summed E-state index contributed by atoms with van der Waals surface area (Å²) < 4.78 is 128. The predicted molar refractivity (Wildman–Crippen MR) is 148 cm³/mol. The van der Waals surface area contributed by atoms with Gasteiger partial charge >= 0.3 is 12.5 Å². The van der Waals surface area contributed by atoms with Crippen LogP contribution < -0.4 is 9.46 Å². The van der Waals surface area contributed by atoms with E-state index in [4.69, 9.17) is 5.11 Å². The molecule has 5 rings (SSSR count). The number of sulfonamides is 1. The zero-order valence-electron chi connectivity index (χ0n) is 23.3. The zero-order valence-corrected chi connectivity index (χ0v) is 24.1. The number of hydrogen-bond donors (Lipinski definition) is 2. The Morgan fingerprint density at radius 2 is 1.67 bits per heavy atom. The Morgan fingerprint density at radius 1 is 0.957 bits per heavy atom. The molecular weight excluding hydrogens is 649 g/mol.